The Hall–Kier alpha value is -3.88. The first kappa shape index (κ1) is 25.4. The number of aromatic nitrogens is 1. The van der Waals surface area contributed by atoms with Gasteiger partial charge in [-0.15, -0.1) is 11.3 Å². The zero-order chi connectivity index (χ0) is 27.1. The summed E-state index contributed by atoms with van der Waals surface area (Å²) in [6.07, 6.45) is 1.54. The molecule has 3 aromatic carbocycles. The number of hydrogen-bond acceptors (Lipinski definition) is 6. The number of carbonyl (C=O) groups is 3. The van der Waals surface area contributed by atoms with Crippen LogP contribution in [0.3, 0.4) is 0 Å². The number of benzene rings is 3. The second kappa shape index (κ2) is 10.4. The summed E-state index contributed by atoms with van der Waals surface area (Å²) < 4.78 is 6.91. The average molecular weight is 540 g/mol. The van der Waals surface area contributed by atoms with Crippen molar-refractivity contribution in [2.75, 3.05) is 18.1 Å². The van der Waals surface area contributed by atoms with Crippen LogP contribution in [-0.4, -0.2) is 52.9 Å². The maximum Gasteiger partial charge on any atom is 0.257 e. The van der Waals surface area contributed by atoms with Crippen LogP contribution in [0.15, 0.2) is 66.7 Å². The molecule has 1 aromatic heterocycles. The molecule has 3 amide bonds. The molecule has 2 unspecified atom stereocenters. The van der Waals surface area contributed by atoms with Crippen LogP contribution in [0.2, 0.25) is 0 Å². The first-order valence-corrected chi connectivity index (χ1v) is 14.0. The van der Waals surface area contributed by atoms with E-state index in [1.54, 1.807) is 40.5 Å². The van der Waals surface area contributed by atoms with Crippen molar-refractivity contribution in [1.29, 1.82) is 0 Å². The van der Waals surface area contributed by atoms with Gasteiger partial charge in [0.15, 0.2) is 0 Å². The van der Waals surface area contributed by atoms with Crippen LogP contribution in [-0.2, 0) is 14.3 Å². The van der Waals surface area contributed by atoms with E-state index in [1.807, 2.05) is 43.3 Å². The van der Waals surface area contributed by atoms with Crippen LogP contribution in [0.1, 0.15) is 40.7 Å². The van der Waals surface area contributed by atoms with Gasteiger partial charge in [0.25, 0.3) is 11.8 Å². The minimum atomic E-state index is -0.873. The highest BCUT2D eigenvalue weighted by Crippen LogP contribution is 2.33. The zero-order valence-corrected chi connectivity index (χ0v) is 22.7. The van der Waals surface area contributed by atoms with E-state index in [0.717, 1.165) is 39.2 Å². The molecule has 3 heterocycles. The van der Waals surface area contributed by atoms with Gasteiger partial charge in [0.05, 0.1) is 28.4 Å². The zero-order valence-electron chi connectivity index (χ0n) is 21.9. The van der Waals surface area contributed by atoms with E-state index in [1.165, 1.54) is 10.5 Å². The highest BCUT2D eigenvalue weighted by Gasteiger charge is 2.45. The Bertz CT molecular complexity index is 1560. The van der Waals surface area contributed by atoms with Gasteiger partial charge in [0.2, 0.25) is 5.91 Å². The molecule has 8 heteroatoms. The number of anilines is 1. The molecular formula is C31H29N3O4S. The van der Waals surface area contributed by atoms with E-state index in [2.05, 4.69) is 13.0 Å². The molecule has 0 radical (unpaired) electrons. The molecule has 2 saturated heterocycles. The molecule has 7 nitrogen and oxygen atoms in total. The Morgan fingerprint density at radius 2 is 1.77 bits per heavy atom. The van der Waals surface area contributed by atoms with E-state index in [0.29, 0.717) is 17.9 Å². The monoisotopic (exact) mass is 539 g/mol. The molecule has 0 saturated carbocycles. The summed E-state index contributed by atoms with van der Waals surface area (Å²) >= 11 is 1.61. The molecule has 39 heavy (non-hydrogen) atoms. The molecule has 0 bridgehead atoms. The number of ether oxygens (including phenoxy) is 1. The quantitative estimate of drug-likeness (QED) is 0.301. The fourth-order valence-electron chi connectivity index (χ4n) is 5.26. The second-order valence-electron chi connectivity index (χ2n) is 10.3. The van der Waals surface area contributed by atoms with Gasteiger partial charge < -0.3 is 9.64 Å². The number of nitrogens with zero attached hydrogens (tertiary/aromatic N) is 3. The van der Waals surface area contributed by atoms with Gasteiger partial charge in [-0.1, -0.05) is 23.8 Å². The van der Waals surface area contributed by atoms with Crippen LogP contribution in [0, 0.1) is 13.8 Å². The van der Waals surface area contributed by atoms with Crippen molar-refractivity contribution >= 4 is 45.0 Å². The van der Waals surface area contributed by atoms with Gasteiger partial charge in [-0.25, -0.2) is 9.88 Å². The second-order valence-corrected chi connectivity index (χ2v) is 11.3. The fourth-order valence-corrected chi connectivity index (χ4v) is 6.33. The maximum atomic E-state index is 13.7. The summed E-state index contributed by atoms with van der Waals surface area (Å²) in [6, 6.07) is 19.9. The first-order valence-electron chi connectivity index (χ1n) is 13.2. The smallest absolute Gasteiger partial charge is 0.257 e. The molecule has 0 N–H and O–H groups in total. The first-order chi connectivity index (χ1) is 18.9. The van der Waals surface area contributed by atoms with Gasteiger partial charge in [0.1, 0.15) is 11.0 Å². The highest BCUT2D eigenvalue weighted by molar-refractivity contribution is 7.21. The highest BCUT2D eigenvalue weighted by atomic mass is 32.1. The minimum Gasteiger partial charge on any atom is -0.376 e. The molecule has 0 spiro atoms. The van der Waals surface area contributed by atoms with Crippen molar-refractivity contribution in [3.8, 4) is 10.6 Å². The van der Waals surface area contributed by atoms with Gasteiger partial charge in [-0.3, -0.25) is 14.4 Å². The van der Waals surface area contributed by atoms with Crippen LogP contribution < -0.4 is 4.90 Å². The molecule has 4 aromatic rings. The number of carbonyl (C=O) groups excluding carboxylic acids is 3. The summed E-state index contributed by atoms with van der Waals surface area (Å²) in [5.74, 6) is -0.969. The summed E-state index contributed by atoms with van der Waals surface area (Å²) in [4.78, 5) is 47.9. The third kappa shape index (κ3) is 4.97. The van der Waals surface area contributed by atoms with E-state index < -0.39 is 6.04 Å². The molecule has 198 valence electrons. The molecule has 6 rings (SSSR count). The van der Waals surface area contributed by atoms with E-state index in [-0.39, 0.29) is 36.8 Å². The Morgan fingerprint density at radius 1 is 1.03 bits per heavy atom. The molecule has 2 aliphatic rings. The van der Waals surface area contributed by atoms with E-state index in [4.69, 9.17) is 9.72 Å². The van der Waals surface area contributed by atoms with E-state index >= 15 is 0 Å². The Kier molecular flexibility index (Phi) is 6.74. The normalized spacial score (nSPS) is 19.3. The minimum absolute atomic E-state index is 0.0534. The summed E-state index contributed by atoms with van der Waals surface area (Å²) in [7, 11) is 0. The molecular weight excluding hydrogens is 510 g/mol. The van der Waals surface area contributed by atoms with Crippen LogP contribution in [0.25, 0.3) is 20.8 Å². The molecule has 2 atom stereocenters. The van der Waals surface area contributed by atoms with Crippen LogP contribution in [0.4, 0.5) is 5.69 Å². The third-order valence-electron chi connectivity index (χ3n) is 7.40. The lowest BCUT2D eigenvalue weighted by Gasteiger charge is -2.30. The van der Waals surface area contributed by atoms with Crippen LogP contribution >= 0.6 is 11.3 Å². The topological polar surface area (TPSA) is 79.8 Å². The van der Waals surface area contributed by atoms with Crippen LogP contribution in [0.5, 0.6) is 0 Å². The molecule has 2 aliphatic heterocycles. The number of amides is 3. The number of thiazole rings is 1. The Morgan fingerprint density at radius 3 is 2.49 bits per heavy atom. The van der Waals surface area contributed by atoms with Gasteiger partial charge >= 0.3 is 0 Å². The van der Waals surface area contributed by atoms with Crippen molar-refractivity contribution in [2.45, 2.75) is 45.3 Å². The Balaban J connectivity index is 1.26. The number of rotatable bonds is 6. The molecule has 0 aliphatic carbocycles. The van der Waals surface area contributed by atoms with Crippen molar-refractivity contribution in [3.05, 3.63) is 83.4 Å². The van der Waals surface area contributed by atoms with Crippen molar-refractivity contribution in [2.24, 2.45) is 0 Å². The van der Waals surface area contributed by atoms with E-state index in [9.17, 15) is 14.4 Å². The molecule has 2 fully saturated rings. The number of hydrogen-bond donors (Lipinski definition) is 0. The third-order valence-corrected chi connectivity index (χ3v) is 8.47. The average Bonchev–Trinajstić information content (AvgIpc) is 3.66. The van der Waals surface area contributed by atoms with Crippen molar-refractivity contribution in [3.63, 3.8) is 0 Å². The lowest BCUT2D eigenvalue weighted by atomic mass is 10.1. The van der Waals surface area contributed by atoms with Gasteiger partial charge in [-0.05, 0) is 80.8 Å². The lowest BCUT2D eigenvalue weighted by molar-refractivity contribution is -0.122. The van der Waals surface area contributed by atoms with Crippen molar-refractivity contribution < 1.29 is 19.1 Å². The summed E-state index contributed by atoms with van der Waals surface area (Å²) in [5.41, 5.74) is 5.08. The van der Waals surface area contributed by atoms with Gasteiger partial charge in [-0.2, -0.15) is 0 Å². The lowest BCUT2D eigenvalue weighted by Crippen LogP contribution is -2.48. The number of fused-ring (bicyclic) bond motifs is 1. The SMILES string of the molecule is Cc1ccc(C(=O)N(CC2CCCO2)C2CC(=O)N(c3ccc(-c4nc5ccc(C)cc5s4)cc3)C2=O)cc1. The fraction of sp³-hybridized carbons (Fsp3) is 0.290. The number of aryl methyl sites for hydroxylation is 2. The maximum absolute atomic E-state index is 13.7. The predicted octanol–water partition coefficient (Wildman–Crippen LogP) is 5.53. The Labute approximate surface area is 231 Å². The van der Waals surface area contributed by atoms with Crippen molar-refractivity contribution in [1.82, 2.24) is 9.88 Å². The predicted molar refractivity (Wildman–Crippen MR) is 152 cm³/mol. The number of imide groups is 1. The summed E-state index contributed by atoms with van der Waals surface area (Å²) in [6.45, 7) is 4.93. The summed E-state index contributed by atoms with van der Waals surface area (Å²) in [5, 5.41) is 0.880. The standard InChI is InChI=1S/C31H29N3O4S/c1-19-5-8-22(9-6-19)30(36)33(18-24-4-3-15-38-24)26-17-28(35)34(31(26)37)23-12-10-21(11-13-23)29-32-25-14-7-20(2)16-27(25)39-29/h5-14,16,24,26H,3-4,15,17-18H2,1-2H3. The largest absolute Gasteiger partial charge is 0.376 e. The van der Waals surface area contributed by atoms with Gasteiger partial charge in [0, 0.05) is 24.3 Å².